The van der Waals surface area contributed by atoms with Crippen LogP contribution in [0.2, 0.25) is 0 Å². The molecule has 1 aromatic carbocycles. The van der Waals surface area contributed by atoms with E-state index in [9.17, 15) is 9.59 Å². The summed E-state index contributed by atoms with van der Waals surface area (Å²) in [7, 11) is 0. The van der Waals surface area contributed by atoms with Gasteiger partial charge in [0.25, 0.3) is 0 Å². The molecule has 3 heterocycles. The summed E-state index contributed by atoms with van der Waals surface area (Å²) in [6.45, 7) is 6.15. The number of amides is 2. The largest absolute Gasteiger partial charge is 0.462 e. The summed E-state index contributed by atoms with van der Waals surface area (Å²) in [6.07, 6.45) is 6.20. The molecule has 8 nitrogen and oxygen atoms in total. The molecular formula is C22H29N5O3. The second kappa shape index (κ2) is 8.87. The van der Waals surface area contributed by atoms with Crippen LogP contribution in [0.3, 0.4) is 0 Å². The Hall–Kier alpha value is -2.87. The predicted octanol–water partition coefficient (Wildman–Crippen LogP) is 3.11. The number of ether oxygens (including phenoxy) is 1. The highest BCUT2D eigenvalue weighted by molar-refractivity contribution is 5.91. The summed E-state index contributed by atoms with van der Waals surface area (Å²) in [5.74, 6) is -0.375. The number of carbonyl (C=O) groups is 2. The molecule has 0 saturated carbocycles. The average Bonchev–Trinajstić information content (AvgIpc) is 3.33. The topological polar surface area (TPSA) is 88.5 Å². The molecule has 8 heteroatoms. The fourth-order valence-corrected chi connectivity index (χ4v) is 4.52. The Balaban J connectivity index is 1.37. The number of hydrogen-bond donors (Lipinski definition) is 2. The van der Waals surface area contributed by atoms with Gasteiger partial charge in [-0.3, -0.25) is 4.90 Å². The molecule has 2 aliphatic heterocycles. The Morgan fingerprint density at radius 2 is 1.97 bits per heavy atom. The number of nitrogens with one attached hydrogen (secondary N) is 2. The molecule has 0 aliphatic carbocycles. The second-order valence-corrected chi connectivity index (χ2v) is 7.92. The molecule has 2 saturated heterocycles. The molecule has 0 unspecified atom stereocenters. The zero-order valence-corrected chi connectivity index (χ0v) is 17.6. The molecule has 2 atom stereocenters. The van der Waals surface area contributed by atoms with E-state index in [1.807, 2.05) is 31.2 Å². The van der Waals surface area contributed by atoms with E-state index in [0.717, 1.165) is 31.6 Å². The fourth-order valence-electron chi connectivity index (χ4n) is 4.52. The first kappa shape index (κ1) is 20.4. The van der Waals surface area contributed by atoms with Crippen molar-refractivity contribution < 1.29 is 14.3 Å². The molecule has 4 rings (SSSR count). The van der Waals surface area contributed by atoms with Crippen LogP contribution in [0, 0.1) is 6.92 Å². The maximum atomic E-state index is 12.5. The SMILES string of the molecule is CCOC(=O)c1cnn(-c2ccc(NC(=O)N[C@H]3CCN4CCCC[C@H]34)cc2)c1C. The van der Waals surface area contributed by atoms with E-state index in [-0.39, 0.29) is 18.0 Å². The smallest absolute Gasteiger partial charge is 0.341 e. The third-order valence-corrected chi connectivity index (χ3v) is 6.05. The number of benzene rings is 1. The van der Waals surface area contributed by atoms with Crippen molar-refractivity contribution in [2.75, 3.05) is 25.0 Å². The van der Waals surface area contributed by atoms with E-state index >= 15 is 0 Å². The van der Waals surface area contributed by atoms with Gasteiger partial charge in [0.1, 0.15) is 5.56 Å². The van der Waals surface area contributed by atoms with Gasteiger partial charge in [0.15, 0.2) is 0 Å². The van der Waals surface area contributed by atoms with Crippen molar-refractivity contribution >= 4 is 17.7 Å². The zero-order chi connectivity index (χ0) is 21.1. The number of esters is 1. The van der Waals surface area contributed by atoms with Gasteiger partial charge in [-0.25, -0.2) is 14.3 Å². The molecule has 0 radical (unpaired) electrons. The van der Waals surface area contributed by atoms with Crippen molar-refractivity contribution in [1.29, 1.82) is 0 Å². The molecule has 2 aromatic rings. The molecule has 2 aliphatic rings. The molecule has 2 fully saturated rings. The maximum absolute atomic E-state index is 12.5. The second-order valence-electron chi connectivity index (χ2n) is 7.92. The fraction of sp³-hybridized carbons (Fsp3) is 0.500. The summed E-state index contributed by atoms with van der Waals surface area (Å²) >= 11 is 0. The van der Waals surface area contributed by atoms with E-state index in [1.54, 1.807) is 11.6 Å². The normalized spacial score (nSPS) is 21.1. The van der Waals surface area contributed by atoms with Gasteiger partial charge in [0.05, 0.1) is 24.2 Å². The van der Waals surface area contributed by atoms with Crippen molar-refractivity contribution in [3.05, 3.63) is 41.7 Å². The number of nitrogens with zero attached hydrogens (tertiary/aromatic N) is 3. The van der Waals surface area contributed by atoms with Crippen molar-refractivity contribution in [3.8, 4) is 5.69 Å². The van der Waals surface area contributed by atoms with Crippen LogP contribution in [0.1, 0.15) is 48.7 Å². The highest BCUT2D eigenvalue weighted by atomic mass is 16.5. The van der Waals surface area contributed by atoms with Crippen molar-refractivity contribution in [2.24, 2.45) is 0 Å². The van der Waals surface area contributed by atoms with Crippen LogP contribution in [0.15, 0.2) is 30.5 Å². The highest BCUT2D eigenvalue weighted by Crippen LogP contribution is 2.27. The minimum absolute atomic E-state index is 0.167. The number of carbonyl (C=O) groups excluding carboxylic acids is 2. The summed E-state index contributed by atoms with van der Waals surface area (Å²) in [5.41, 5.74) is 2.68. The van der Waals surface area contributed by atoms with Gasteiger partial charge >= 0.3 is 12.0 Å². The zero-order valence-electron chi connectivity index (χ0n) is 17.6. The lowest BCUT2D eigenvalue weighted by molar-refractivity contribution is 0.0525. The van der Waals surface area contributed by atoms with Crippen LogP contribution in [0.25, 0.3) is 5.69 Å². The van der Waals surface area contributed by atoms with Gasteiger partial charge in [-0.2, -0.15) is 5.10 Å². The highest BCUT2D eigenvalue weighted by Gasteiger charge is 2.36. The first-order chi connectivity index (χ1) is 14.6. The molecule has 30 heavy (non-hydrogen) atoms. The number of rotatable bonds is 5. The number of piperidine rings is 1. The third kappa shape index (κ3) is 4.18. The molecule has 0 bridgehead atoms. The van der Waals surface area contributed by atoms with Crippen LogP contribution in [-0.4, -0.2) is 58.5 Å². The quantitative estimate of drug-likeness (QED) is 0.738. The lowest BCUT2D eigenvalue weighted by atomic mass is 9.99. The molecule has 1 aromatic heterocycles. The minimum Gasteiger partial charge on any atom is -0.462 e. The van der Waals surface area contributed by atoms with E-state index in [1.165, 1.54) is 19.0 Å². The Morgan fingerprint density at radius 1 is 1.17 bits per heavy atom. The van der Waals surface area contributed by atoms with Crippen LogP contribution >= 0.6 is 0 Å². The first-order valence-corrected chi connectivity index (χ1v) is 10.7. The van der Waals surface area contributed by atoms with Crippen molar-refractivity contribution in [1.82, 2.24) is 20.0 Å². The van der Waals surface area contributed by atoms with E-state index in [0.29, 0.717) is 29.6 Å². The van der Waals surface area contributed by atoms with Gasteiger partial charge in [0, 0.05) is 24.3 Å². The summed E-state index contributed by atoms with van der Waals surface area (Å²) in [6, 6.07) is 7.93. The van der Waals surface area contributed by atoms with E-state index in [4.69, 9.17) is 4.74 Å². The molecule has 0 spiro atoms. The number of urea groups is 1. The summed E-state index contributed by atoms with van der Waals surface area (Å²) < 4.78 is 6.75. The Morgan fingerprint density at radius 3 is 2.73 bits per heavy atom. The minimum atomic E-state index is -0.375. The number of anilines is 1. The van der Waals surface area contributed by atoms with E-state index < -0.39 is 0 Å². The monoisotopic (exact) mass is 411 g/mol. The lowest BCUT2D eigenvalue weighted by Crippen LogP contribution is -2.47. The Bertz CT molecular complexity index is 908. The van der Waals surface area contributed by atoms with Crippen LogP contribution in [0.4, 0.5) is 10.5 Å². The molecule has 2 N–H and O–H groups in total. The maximum Gasteiger partial charge on any atom is 0.341 e. The summed E-state index contributed by atoms with van der Waals surface area (Å²) in [4.78, 5) is 27.0. The number of aromatic nitrogens is 2. The Labute approximate surface area is 176 Å². The standard InChI is InChI=1S/C22H29N5O3/c1-3-30-21(28)18-14-23-27(15(18)2)17-9-7-16(8-10-17)24-22(29)25-19-11-13-26-12-5-4-6-20(19)26/h7-10,14,19-20H,3-6,11-13H2,1-2H3,(H2,24,25,29)/t19-,20+/m0/s1. The van der Waals surface area contributed by atoms with E-state index in [2.05, 4.69) is 20.6 Å². The van der Waals surface area contributed by atoms with Crippen LogP contribution < -0.4 is 10.6 Å². The summed E-state index contributed by atoms with van der Waals surface area (Å²) in [5, 5.41) is 10.4. The van der Waals surface area contributed by atoms with Crippen LogP contribution in [-0.2, 0) is 4.74 Å². The third-order valence-electron chi connectivity index (χ3n) is 6.05. The molecule has 2 amide bonds. The molecular weight excluding hydrogens is 382 g/mol. The van der Waals surface area contributed by atoms with Gasteiger partial charge in [-0.15, -0.1) is 0 Å². The lowest BCUT2D eigenvalue weighted by Gasteiger charge is -2.32. The average molecular weight is 412 g/mol. The van der Waals surface area contributed by atoms with Gasteiger partial charge in [0.2, 0.25) is 0 Å². The predicted molar refractivity (Wildman–Crippen MR) is 114 cm³/mol. The van der Waals surface area contributed by atoms with Gasteiger partial charge < -0.3 is 15.4 Å². The van der Waals surface area contributed by atoms with Crippen molar-refractivity contribution in [2.45, 2.75) is 51.6 Å². The van der Waals surface area contributed by atoms with Gasteiger partial charge in [-0.05, 0) is 63.9 Å². The van der Waals surface area contributed by atoms with Crippen molar-refractivity contribution in [3.63, 3.8) is 0 Å². The Kier molecular flexibility index (Phi) is 6.03. The van der Waals surface area contributed by atoms with Gasteiger partial charge in [-0.1, -0.05) is 6.42 Å². The number of hydrogen-bond acceptors (Lipinski definition) is 5. The molecule has 160 valence electrons. The van der Waals surface area contributed by atoms with Crippen LogP contribution in [0.5, 0.6) is 0 Å². The number of fused-ring (bicyclic) bond motifs is 1. The first-order valence-electron chi connectivity index (χ1n) is 10.7.